The first-order valence-corrected chi connectivity index (χ1v) is 10.5. The van der Waals surface area contributed by atoms with Crippen LogP contribution < -0.4 is 13.9 Å². The van der Waals surface area contributed by atoms with Crippen LogP contribution in [0.4, 0.5) is 0 Å². The van der Waals surface area contributed by atoms with Gasteiger partial charge in [-0.05, 0) is 37.3 Å². The van der Waals surface area contributed by atoms with Gasteiger partial charge < -0.3 is 4.74 Å². The van der Waals surface area contributed by atoms with Crippen molar-refractivity contribution in [2.24, 2.45) is 0 Å². The summed E-state index contributed by atoms with van der Waals surface area (Å²) in [4.78, 5) is 0. The highest BCUT2D eigenvalue weighted by Gasteiger charge is 2.69. The first kappa shape index (κ1) is 14.7. The standard InChI is InChI=1S/C25H15N5O/c1-14-13-19-18-7-4-8-21-29(18)25(30(19)26-14)23-20(31-21)10-9-16-15-5-2-3-6-17(15)27-11-12-28(25)24(27)22(16)23/h2-13H,1H3/q+2. The van der Waals surface area contributed by atoms with E-state index in [1.807, 2.05) is 6.07 Å². The maximum atomic E-state index is 6.49. The molecule has 0 bridgehead atoms. The van der Waals surface area contributed by atoms with Crippen molar-refractivity contribution >= 4 is 27.3 Å². The fourth-order valence-electron chi connectivity index (χ4n) is 6.21. The van der Waals surface area contributed by atoms with Crippen LogP contribution in [0.3, 0.4) is 0 Å². The number of hydrogen-bond acceptors (Lipinski definition) is 2. The Kier molecular flexibility index (Phi) is 2.04. The van der Waals surface area contributed by atoms with Crippen molar-refractivity contribution in [3.05, 3.63) is 84.3 Å². The molecule has 6 heteroatoms. The molecule has 2 aromatic carbocycles. The fraction of sp³-hybridized carbons (Fsp3) is 0.0800. The van der Waals surface area contributed by atoms with Gasteiger partial charge in [-0.3, -0.25) is 0 Å². The van der Waals surface area contributed by atoms with Crippen molar-refractivity contribution in [3.63, 3.8) is 0 Å². The van der Waals surface area contributed by atoms with Crippen LogP contribution in [0.2, 0.25) is 0 Å². The monoisotopic (exact) mass is 401 g/mol. The number of imidazole rings is 1. The number of ether oxygens (including phenoxy) is 1. The predicted molar refractivity (Wildman–Crippen MR) is 113 cm³/mol. The zero-order valence-electron chi connectivity index (χ0n) is 16.6. The largest absolute Gasteiger partial charge is 0.449 e. The van der Waals surface area contributed by atoms with Crippen molar-refractivity contribution in [1.82, 2.24) is 14.2 Å². The lowest BCUT2D eigenvalue weighted by atomic mass is 9.97. The van der Waals surface area contributed by atoms with Crippen LogP contribution in [0.5, 0.6) is 11.6 Å². The Hall–Kier alpha value is -4.19. The minimum Gasteiger partial charge on any atom is -0.404 e. The normalized spacial score (nSPS) is 18.9. The number of fused-ring (bicyclic) bond motifs is 5. The van der Waals surface area contributed by atoms with E-state index in [4.69, 9.17) is 9.84 Å². The molecule has 0 fully saturated rings. The van der Waals surface area contributed by atoms with Gasteiger partial charge in [-0.25, -0.2) is 0 Å². The highest BCUT2D eigenvalue weighted by molar-refractivity contribution is 6.13. The number of hydrogen-bond donors (Lipinski definition) is 0. The van der Waals surface area contributed by atoms with Gasteiger partial charge in [0.2, 0.25) is 5.69 Å². The summed E-state index contributed by atoms with van der Waals surface area (Å²) >= 11 is 0. The summed E-state index contributed by atoms with van der Waals surface area (Å²) in [5.41, 5.74) is 6.77. The number of aromatic nitrogens is 5. The van der Waals surface area contributed by atoms with Gasteiger partial charge in [0, 0.05) is 16.8 Å². The van der Waals surface area contributed by atoms with Gasteiger partial charge in [-0.2, -0.15) is 9.50 Å². The van der Waals surface area contributed by atoms with E-state index in [-0.39, 0.29) is 0 Å². The Bertz CT molecular complexity index is 1840. The third-order valence-corrected chi connectivity index (χ3v) is 7.21. The average molecular weight is 401 g/mol. The summed E-state index contributed by atoms with van der Waals surface area (Å²) < 4.78 is 15.7. The number of aryl methyl sites for hydroxylation is 1. The molecule has 1 spiro atoms. The molecule has 3 aliphatic rings. The summed E-state index contributed by atoms with van der Waals surface area (Å²) in [6, 6.07) is 21.4. The Balaban J connectivity index is 1.65. The molecule has 0 amide bonds. The number of para-hydroxylation sites is 1. The van der Waals surface area contributed by atoms with E-state index in [1.165, 1.54) is 27.3 Å². The van der Waals surface area contributed by atoms with Crippen LogP contribution in [0.15, 0.2) is 73.1 Å². The SMILES string of the molecule is Cc1cc2n(n1)C13c4c(ccc5c6ccccc6n6cc[n+]1c6c45)Oc1cccc-2[n+]13. The molecular weight excluding hydrogens is 386 g/mol. The predicted octanol–water partition coefficient (Wildman–Crippen LogP) is 3.48. The van der Waals surface area contributed by atoms with E-state index in [0.29, 0.717) is 0 Å². The molecule has 0 radical (unpaired) electrons. The Morgan fingerprint density at radius 1 is 1.00 bits per heavy atom. The van der Waals surface area contributed by atoms with Crippen molar-refractivity contribution < 1.29 is 13.9 Å². The zero-order valence-corrected chi connectivity index (χ0v) is 16.6. The molecule has 31 heavy (non-hydrogen) atoms. The first-order chi connectivity index (χ1) is 15.3. The van der Waals surface area contributed by atoms with Gasteiger partial charge in [-0.15, -0.1) is 9.25 Å². The van der Waals surface area contributed by atoms with Gasteiger partial charge in [-0.1, -0.05) is 22.8 Å². The number of pyridine rings is 2. The van der Waals surface area contributed by atoms with E-state index in [0.717, 1.165) is 34.3 Å². The van der Waals surface area contributed by atoms with E-state index in [2.05, 4.69) is 92.1 Å². The van der Waals surface area contributed by atoms with Gasteiger partial charge >= 0.3 is 17.3 Å². The van der Waals surface area contributed by atoms with Crippen LogP contribution in [0, 0.1) is 6.92 Å². The van der Waals surface area contributed by atoms with E-state index >= 15 is 0 Å². The maximum absolute atomic E-state index is 6.49. The second-order valence-corrected chi connectivity index (χ2v) is 8.65. The summed E-state index contributed by atoms with van der Waals surface area (Å²) in [5.74, 6) is 1.08. The lowest BCUT2D eigenvalue weighted by Gasteiger charge is -2.25. The number of benzene rings is 2. The Morgan fingerprint density at radius 2 is 1.94 bits per heavy atom. The Morgan fingerprint density at radius 3 is 2.90 bits per heavy atom. The molecule has 6 aromatic rings. The van der Waals surface area contributed by atoms with Gasteiger partial charge in [0.05, 0.1) is 17.1 Å². The smallest absolute Gasteiger partial charge is 0.404 e. The average Bonchev–Trinajstić information content (AvgIpc) is 3.52. The number of nitrogens with zero attached hydrogens (tertiary/aromatic N) is 5. The molecule has 7 heterocycles. The lowest BCUT2D eigenvalue weighted by molar-refractivity contribution is -0.969. The van der Waals surface area contributed by atoms with Crippen LogP contribution in [-0.4, -0.2) is 14.2 Å². The summed E-state index contributed by atoms with van der Waals surface area (Å²) in [5, 5.41) is 8.74. The molecule has 9 rings (SSSR count). The molecule has 1 unspecified atom stereocenters. The second-order valence-electron chi connectivity index (χ2n) is 8.65. The second kappa shape index (κ2) is 4.30. The van der Waals surface area contributed by atoms with Crippen molar-refractivity contribution in [2.45, 2.75) is 12.7 Å². The lowest BCUT2D eigenvalue weighted by Crippen LogP contribution is -2.75. The van der Waals surface area contributed by atoms with E-state index in [9.17, 15) is 0 Å². The summed E-state index contributed by atoms with van der Waals surface area (Å²) in [6.07, 6.45) is 4.37. The molecule has 0 saturated heterocycles. The Labute approximate surface area is 175 Å². The van der Waals surface area contributed by atoms with E-state index in [1.54, 1.807) is 0 Å². The third-order valence-electron chi connectivity index (χ3n) is 7.21. The molecule has 3 aliphatic heterocycles. The van der Waals surface area contributed by atoms with Crippen LogP contribution in [0.1, 0.15) is 11.3 Å². The summed E-state index contributed by atoms with van der Waals surface area (Å²) in [7, 11) is 0. The minimum absolute atomic E-state index is 0.642. The summed E-state index contributed by atoms with van der Waals surface area (Å²) in [6.45, 7) is 2.06. The molecule has 1 atom stereocenters. The zero-order chi connectivity index (χ0) is 20.1. The van der Waals surface area contributed by atoms with Crippen molar-refractivity contribution in [3.8, 4) is 23.0 Å². The highest BCUT2D eigenvalue weighted by Crippen LogP contribution is 2.51. The van der Waals surface area contributed by atoms with E-state index < -0.39 is 5.79 Å². The first-order valence-electron chi connectivity index (χ1n) is 10.5. The molecule has 0 N–H and O–H groups in total. The molecule has 0 aliphatic carbocycles. The van der Waals surface area contributed by atoms with Gasteiger partial charge in [0.1, 0.15) is 23.6 Å². The van der Waals surface area contributed by atoms with Crippen molar-refractivity contribution in [1.29, 1.82) is 0 Å². The minimum atomic E-state index is -0.642. The molecule has 0 saturated carbocycles. The fourth-order valence-corrected chi connectivity index (χ4v) is 6.21. The molecule has 6 nitrogen and oxygen atoms in total. The third kappa shape index (κ3) is 1.28. The number of rotatable bonds is 0. The highest BCUT2D eigenvalue weighted by atomic mass is 16.5. The topological polar surface area (TPSA) is 39.2 Å². The van der Waals surface area contributed by atoms with Crippen molar-refractivity contribution in [2.75, 3.05) is 0 Å². The van der Waals surface area contributed by atoms with Crippen LogP contribution in [0.25, 0.3) is 38.7 Å². The molecule has 144 valence electrons. The van der Waals surface area contributed by atoms with Crippen LogP contribution >= 0.6 is 0 Å². The molecule has 4 aromatic heterocycles. The maximum Gasteiger partial charge on any atom is 0.449 e. The quantitative estimate of drug-likeness (QED) is 0.288. The molecular formula is C25H15N5O+2. The van der Waals surface area contributed by atoms with Gasteiger partial charge in [0.15, 0.2) is 11.3 Å². The van der Waals surface area contributed by atoms with Crippen LogP contribution in [-0.2, 0) is 5.79 Å². The van der Waals surface area contributed by atoms with Gasteiger partial charge in [0.25, 0.3) is 0 Å².